The number of hydrogen-bond donors (Lipinski definition) is 1. The highest BCUT2D eigenvalue weighted by molar-refractivity contribution is 6.23. The van der Waals surface area contributed by atoms with Crippen molar-refractivity contribution in [3.63, 3.8) is 0 Å². The minimum absolute atomic E-state index is 0.0635. The van der Waals surface area contributed by atoms with Crippen LogP contribution in [0.1, 0.15) is 33.5 Å². The highest BCUT2D eigenvalue weighted by Gasteiger charge is 2.40. The first kappa shape index (κ1) is 18.6. The molecule has 0 bridgehead atoms. The summed E-state index contributed by atoms with van der Waals surface area (Å²) in [6.07, 6.45) is 0.0635. The van der Waals surface area contributed by atoms with Crippen LogP contribution in [0.2, 0.25) is 0 Å². The van der Waals surface area contributed by atoms with Crippen LogP contribution < -0.4 is 10.2 Å². The first-order valence-electron chi connectivity index (χ1n) is 8.71. The highest BCUT2D eigenvalue weighted by atomic mass is 16.5. The van der Waals surface area contributed by atoms with Gasteiger partial charge in [-0.2, -0.15) is 0 Å². The molecule has 6 nitrogen and oxygen atoms in total. The van der Waals surface area contributed by atoms with Gasteiger partial charge in [0.1, 0.15) is 6.04 Å². The Morgan fingerprint density at radius 2 is 1.81 bits per heavy atom. The highest BCUT2D eigenvalue weighted by Crippen LogP contribution is 2.29. The Bertz CT molecular complexity index is 936. The minimum atomic E-state index is -0.676. The Morgan fingerprint density at radius 3 is 2.48 bits per heavy atom. The van der Waals surface area contributed by atoms with Crippen LogP contribution in [-0.2, 0) is 14.3 Å². The molecule has 1 fully saturated rings. The van der Waals surface area contributed by atoms with E-state index in [1.807, 2.05) is 32.9 Å². The van der Waals surface area contributed by atoms with Crippen LogP contribution >= 0.6 is 0 Å². The van der Waals surface area contributed by atoms with Gasteiger partial charge in [0.15, 0.2) is 0 Å². The number of ether oxygens (including phenoxy) is 1. The van der Waals surface area contributed by atoms with Crippen molar-refractivity contribution in [3.8, 4) is 0 Å². The van der Waals surface area contributed by atoms with Gasteiger partial charge in [-0.3, -0.25) is 9.59 Å². The normalized spacial score (nSPS) is 16.6. The zero-order valence-electron chi connectivity index (χ0n) is 15.8. The van der Waals surface area contributed by atoms with E-state index in [-0.39, 0.29) is 18.2 Å². The van der Waals surface area contributed by atoms with Crippen molar-refractivity contribution in [3.05, 3.63) is 58.7 Å². The smallest absolute Gasteiger partial charge is 0.337 e. The molecule has 1 saturated heterocycles. The number of nitrogens with zero attached hydrogens (tertiary/aromatic N) is 1. The van der Waals surface area contributed by atoms with Gasteiger partial charge in [-0.25, -0.2) is 9.69 Å². The molecule has 0 spiro atoms. The molecule has 27 heavy (non-hydrogen) atoms. The number of benzene rings is 2. The summed E-state index contributed by atoms with van der Waals surface area (Å²) < 4.78 is 4.74. The van der Waals surface area contributed by atoms with Gasteiger partial charge < -0.3 is 10.1 Å². The lowest BCUT2D eigenvalue weighted by Gasteiger charge is -2.19. The summed E-state index contributed by atoms with van der Waals surface area (Å²) in [5.74, 6) is -0.996. The molecular weight excluding hydrogens is 344 g/mol. The van der Waals surface area contributed by atoms with E-state index in [0.29, 0.717) is 16.9 Å². The van der Waals surface area contributed by atoms with Gasteiger partial charge in [-0.05, 0) is 50.1 Å². The number of nitrogens with one attached hydrogen (secondary N) is 1. The number of esters is 1. The van der Waals surface area contributed by atoms with Crippen molar-refractivity contribution >= 4 is 29.2 Å². The maximum Gasteiger partial charge on any atom is 0.337 e. The van der Waals surface area contributed by atoms with E-state index in [0.717, 1.165) is 16.7 Å². The molecule has 3 rings (SSSR count). The molecule has 2 aromatic carbocycles. The van der Waals surface area contributed by atoms with Crippen molar-refractivity contribution in [2.45, 2.75) is 33.2 Å². The minimum Gasteiger partial charge on any atom is -0.465 e. The lowest BCUT2D eigenvalue weighted by Crippen LogP contribution is -2.35. The standard InChI is InChI=1S/C21H22N2O4/c1-12-5-8-18(14(3)9-12)23-19(24)11-17(20(23)25)22-16-10-15(21(26)27-4)7-6-13(16)2/h5-10,17,22H,11H2,1-4H3/t17-/m1/s1. The molecule has 0 aromatic heterocycles. The third-order valence-corrected chi connectivity index (χ3v) is 4.73. The molecule has 6 heteroatoms. The van der Waals surface area contributed by atoms with E-state index in [2.05, 4.69) is 5.32 Å². The van der Waals surface area contributed by atoms with Crippen LogP contribution in [0.15, 0.2) is 36.4 Å². The number of carbonyl (C=O) groups is 3. The van der Waals surface area contributed by atoms with Gasteiger partial charge in [0.05, 0.1) is 24.8 Å². The summed E-state index contributed by atoms with van der Waals surface area (Å²) in [5, 5.41) is 3.12. The molecule has 2 aromatic rings. The lowest BCUT2D eigenvalue weighted by atomic mass is 10.1. The molecule has 0 saturated carbocycles. The van der Waals surface area contributed by atoms with E-state index in [4.69, 9.17) is 4.74 Å². The topological polar surface area (TPSA) is 75.7 Å². The average Bonchev–Trinajstić information content (AvgIpc) is 2.90. The number of anilines is 2. The molecule has 0 unspecified atom stereocenters. The van der Waals surface area contributed by atoms with Crippen molar-refractivity contribution in [2.75, 3.05) is 17.3 Å². The van der Waals surface area contributed by atoms with Crippen LogP contribution in [0.5, 0.6) is 0 Å². The van der Waals surface area contributed by atoms with E-state index < -0.39 is 12.0 Å². The quantitative estimate of drug-likeness (QED) is 0.665. The fraction of sp³-hybridized carbons (Fsp3) is 0.286. The summed E-state index contributed by atoms with van der Waals surface area (Å²) in [6, 6.07) is 10.0. The summed E-state index contributed by atoms with van der Waals surface area (Å²) in [7, 11) is 1.32. The van der Waals surface area contributed by atoms with Crippen LogP contribution in [0, 0.1) is 20.8 Å². The maximum absolute atomic E-state index is 12.9. The van der Waals surface area contributed by atoms with Crippen molar-refractivity contribution in [1.29, 1.82) is 0 Å². The van der Waals surface area contributed by atoms with Crippen LogP contribution in [0.4, 0.5) is 11.4 Å². The monoisotopic (exact) mass is 366 g/mol. The average molecular weight is 366 g/mol. The van der Waals surface area contributed by atoms with Gasteiger partial charge >= 0.3 is 5.97 Å². The van der Waals surface area contributed by atoms with Gasteiger partial charge in [-0.1, -0.05) is 23.8 Å². The first-order chi connectivity index (χ1) is 12.8. The molecule has 0 radical (unpaired) electrons. The number of methoxy groups -OCH3 is 1. The molecule has 1 N–H and O–H groups in total. The second-order valence-electron chi connectivity index (χ2n) is 6.78. The molecule has 140 valence electrons. The molecule has 2 amide bonds. The van der Waals surface area contributed by atoms with Crippen LogP contribution in [0.25, 0.3) is 0 Å². The second-order valence-corrected chi connectivity index (χ2v) is 6.78. The Balaban J connectivity index is 1.87. The van der Waals surface area contributed by atoms with Crippen molar-refractivity contribution in [2.24, 2.45) is 0 Å². The largest absolute Gasteiger partial charge is 0.465 e. The number of rotatable bonds is 4. The van der Waals surface area contributed by atoms with E-state index in [1.165, 1.54) is 12.0 Å². The Hall–Kier alpha value is -3.15. The molecule has 0 aliphatic carbocycles. The first-order valence-corrected chi connectivity index (χ1v) is 8.71. The Morgan fingerprint density at radius 1 is 1.07 bits per heavy atom. The Kier molecular flexibility index (Phi) is 4.99. The third kappa shape index (κ3) is 3.56. The molecule has 1 aliphatic heterocycles. The summed E-state index contributed by atoms with van der Waals surface area (Å²) in [5.41, 5.74) is 4.44. The number of aryl methyl sites for hydroxylation is 3. The maximum atomic E-state index is 12.9. The molecule has 1 atom stereocenters. The van der Waals surface area contributed by atoms with Crippen LogP contribution in [-0.4, -0.2) is 30.9 Å². The van der Waals surface area contributed by atoms with Crippen molar-refractivity contribution in [1.82, 2.24) is 0 Å². The fourth-order valence-electron chi connectivity index (χ4n) is 3.26. The molecule has 1 heterocycles. The number of hydrogen-bond acceptors (Lipinski definition) is 5. The van der Waals surface area contributed by atoms with E-state index >= 15 is 0 Å². The third-order valence-electron chi connectivity index (χ3n) is 4.73. The fourth-order valence-corrected chi connectivity index (χ4v) is 3.26. The SMILES string of the molecule is COC(=O)c1ccc(C)c(N[C@@H]2CC(=O)N(c3ccc(C)cc3C)C2=O)c1. The van der Waals surface area contributed by atoms with E-state index in [1.54, 1.807) is 24.3 Å². The number of carbonyl (C=O) groups excluding carboxylic acids is 3. The van der Waals surface area contributed by atoms with E-state index in [9.17, 15) is 14.4 Å². The van der Waals surface area contributed by atoms with Gasteiger partial charge in [0.2, 0.25) is 5.91 Å². The summed E-state index contributed by atoms with van der Waals surface area (Å²) in [4.78, 5) is 38.4. The van der Waals surface area contributed by atoms with Gasteiger partial charge in [0.25, 0.3) is 5.91 Å². The summed E-state index contributed by atoms with van der Waals surface area (Å²) in [6.45, 7) is 5.71. The zero-order valence-corrected chi connectivity index (χ0v) is 15.8. The van der Waals surface area contributed by atoms with Gasteiger partial charge in [0, 0.05) is 5.69 Å². The predicted molar refractivity (Wildman–Crippen MR) is 103 cm³/mol. The zero-order chi connectivity index (χ0) is 19.7. The number of amides is 2. The predicted octanol–water partition coefficient (Wildman–Crippen LogP) is 3.14. The summed E-state index contributed by atoms with van der Waals surface area (Å²) >= 11 is 0. The van der Waals surface area contributed by atoms with Crippen LogP contribution in [0.3, 0.4) is 0 Å². The number of imide groups is 1. The Labute approximate surface area is 158 Å². The van der Waals surface area contributed by atoms with Gasteiger partial charge in [-0.15, -0.1) is 0 Å². The van der Waals surface area contributed by atoms with Crippen molar-refractivity contribution < 1.29 is 19.1 Å². The lowest BCUT2D eigenvalue weighted by molar-refractivity contribution is -0.121. The second kappa shape index (κ2) is 7.23. The molecule has 1 aliphatic rings. The molecular formula is C21H22N2O4.